The highest BCUT2D eigenvalue weighted by Crippen LogP contribution is 2.07. The quantitative estimate of drug-likeness (QED) is 0.774. The molecule has 0 N–H and O–H groups in total. The summed E-state index contributed by atoms with van der Waals surface area (Å²) in [6, 6.07) is 9.88. The van der Waals surface area contributed by atoms with Crippen molar-refractivity contribution in [2.45, 2.75) is 13.3 Å². The SMILES string of the molecule is CCCOc1ccccc1.c1cnon1. The number of benzene rings is 1. The van der Waals surface area contributed by atoms with Gasteiger partial charge in [0.1, 0.15) is 5.75 Å². The molecule has 0 aliphatic carbocycles. The molecule has 0 spiro atoms. The van der Waals surface area contributed by atoms with E-state index in [1.54, 1.807) is 0 Å². The minimum Gasteiger partial charge on any atom is -0.494 e. The van der Waals surface area contributed by atoms with Gasteiger partial charge < -0.3 is 4.74 Å². The minimum atomic E-state index is 0.810. The highest BCUT2D eigenvalue weighted by molar-refractivity contribution is 5.20. The van der Waals surface area contributed by atoms with Crippen LogP contribution in [-0.4, -0.2) is 16.9 Å². The van der Waals surface area contributed by atoms with Gasteiger partial charge in [-0.2, -0.15) is 0 Å². The van der Waals surface area contributed by atoms with Crippen molar-refractivity contribution in [3.63, 3.8) is 0 Å². The summed E-state index contributed by atoms with van der Waals surface area (Å²) in [6.45, 7) is 2.91. The van der Waals surface area contributed by atoms with Crippen LogP contribution in [0.15, 0.2) is 47.4 Å². The molecule has 80 valence electrons. The summed E-state index contributed by atoms with van der Waals surface area (Å²) in [5, 5.41) is 6.47. The molecule has 0 fully saturated rings. The first-order chi connectivity index (χ1) is 7.43. The highest BCUT2D eigenvalue weighted by atomic mass is 16.6. The number of nitrogens with zero attached hydrogens (tertiary/aromatic N) is 2. The number of hydrogen-bond acceptors (Lipinski definition) is 4. The Hall–Kier alpha value is -1.84. The maximum atomic E-state index is 5.36. The van der Waals surface area contributed by atoms with Gasteiger partial charge in [-0.05, 0) is 18.6 Å². The second kappa shape index (κ2) is 7.55. The molecule has 4 nitrogen and oxygen atoms in total. The lowest BCUT2D eigenvalue weighted by Crippen LogP contribution is -1.93. The van der Waals surface area contributed by atoms with E-state index in [-0.39, 0.29) is 0 Å². The average molecular weight is 206 g/mol. The van der Waals surface area contributed by atoms with Crippen molar-refractivity contribution in [1.29, 1.82) is 0 Å². The molecule has 0 saturated heterocycles. The van der Waals surface area contributed by atoms with Gasteiger partial charge in [0, 0.05) is 0 Å². The van der Waals surface area contributed by atoms with Crippen LogP contribution in [0, 0.1) is 0 Å². The molecular formula is C11H14N2O2. The largest absolute Gasteiger partial charge is 0.494 e. The maximum Gasteiger partial charge on any atom is 0.119 e. The normalized spacial score (nSPS) is 8.87. The van der Waals surface area contributed by atoms with Gasteiger partial charge in [-0.15, -0.1) is 0 Å². The van der Waals surface area contributed by atoms with Crippen LogP contribution >= 0.6 is 0 Å². The fourth-order valence-electron chi connectivity index (χ4n) is 0.873. The van der Waals surface area contributed by atoms with Crippen LogP contribution in [0.3, 0.4) is 0 Å². The van der Waals surface area contributed by atoms with Crippen molar-refractivity contribution in [3.05, 3.63) is 42.7 Å². The van der Waals surface area contributed by atoms with Gasteiger partial charge in [0.2, 0.25) is 0 Å². The van der Waals surface area contributed by atoms with Crippen LogP contribution < -0.4 is 4.74 Å². The van der Waals surface area contributed by atoms with Gasteiger partial charge in [-0.3, -0.25) is 0 Å². The maximum absolute atomic E-state index is 5.36. The third-order valence-electron chi connectivity index (χ3n) is 1.50. The second-order valence-corrected chi connectivity index (χ2v) is 2.75. The molecule has 0 bridgehead atoms. The number of aromatic nitrogens is 2. The third kappa shape index (κ3) is 5.46. The number of para-hydroxylation sites is 1. The van der Waals surface area contributed by atoms with Gasteiger partial charge >= 0.3 is 0 Å². The van der Waals surface area contributed by atoms with Crippen molar-refractivity contribution in [2.24, 2.45) is 0 Å². The molecule has 0 saturated carbocycles. The molecule has 2 rings (SSSR count). The summed E-state index contributed by atoms with van der Waals surface area (Å²) in [6.07, 6.45) is 4.01. The Balaban J connectivity index is 0.000000187. The van der Waals surface area contributed by atoms with Crippen molar-refractivity contribution in [2.75, 3.05) is 6.61 Å². The molecule has 4 heteroatoms. The van der Waals surface area contributed by atoms with Gasteiger partial charge in [-0.1, -0.05) is 35.4 Å². The molecule has 0 radical (unpaired) electrons. The molecule has 1 heterocycles. The van der Waals surface area contributed by atoms with E-state index in [4.69, 9.17) is 4.74 Å². The predicted molar refractivity (Wildman–Crippen MR) is 56.5 cm³/mol. The van der Waals surface area contributed by atoms with Gasteiger partial charge in [0.05, 0.1) is 19.0 Å². The number of rotatable bonds is 3. The minimum absolute atomic E-state index is 0.810. The van der Waals surface area contributed by atoms with E-state index < -0.39 is 0 Å². The Kier molecular flexibility index (Phi) is 5.66. The lowest BCUT2D eigenvalue weighted by atomic mass is 10.3. The zero-order chi connectivity index (χ0) is 10.8. The van der Waals surface area contributed by atoms with Gasteiger partial charge in [-0.25, -0.2) is 4.63 Å². The van der Waals surface area contributed by atoms with E-state index in [1.807, 2.05) is 30.3 Å². The van der Waals surface area contributed by atoms with E-state index in [9.17, 15) is 0 Å². The molecule has 0 amide bonds. The smallest absolute Gasteiger partial charge is 0.119 e. The Morgan fingerprint density at radius 1 is 1.13 bits per heavy atom. The van der Waals surface area contributed by atoms with E-state index >= 15 is 0 Å². The molecule has 0 atom stereocenters. The molecule has 0 aliphatic rings. The Morgan fingerprint density at radius 2 is 1.80 bits per heavy atom. The predicted octanol–water partition coefficient (Wildman–Crippen LogP) is 2.55. The summed E-state index contributed by atoms with van der Waals surface area (Å²) in [4.78, 5) is 0. The molecular weight excluding hydrogens is 192 g/mol. The first-order valence-electron chi connectivity index (χ1n) is 4.83. The molecule has 2 aromatic rings. The highest BCUT2D eigenvalue weighted by Gasteiger charge is 1.86. The second-order valence-electron chi connectivity index (χ2n) is 2.75. The van der Waals surface area contributed by atoms with Crippen molar-refractivity contribution >= 4 is 0 Å². The average Bonchev–Trinajstić information content (AvgIpc) is 2.86. The van der Waals surface area contributed by atoms with E-state index in [0.717, 1.165) is 18.8 Å². The zero-order valence-electron chi connectivity index (χ0n) is 8.67. The third-order valence-corrected chi connectivity index (χ3v) is 1.50. The summed E-state index contributed by atoms with van der Waals surface area (Å²) in [5.74, 6) is 0.962. The van der Waals surface area contributed by atoms with Crippen LogP contribution in [0.4, 0.5) is 0 Å². The standard InChI is InChI=1S/C9H12O.C2H2N2O/c1-2-8-10-9-6-4-3-5-7-9;1-2-4-5-3-1/h3-7H,2,8H2,1H3;1-2H. The van der Waals surface area contributed by atoms with Crippen LogP contribution in [0.5, 0.6) is 5.75 Å². The number of ether oxygens (including phenoxy) is 1. The molecule has 0 aliphatic heterocycles. The Bertz CT molecular complexity index is 304. The van der Waals surface area contributed by atoms with E-state index in [2.05, 4.69) is 21.9 Å². The fourth-order valence-corrected chi connectivity index (χ4v) is 0.873. The monoisotopic (exact) mass is 206 g/mol. The first kappa shape index (κ1) is 11.2. The molecule has 0 unspecified atom stereocenters. The Morgan fingerprint density at radius 3 is 2.27 bits per heavy atom. The summed E-state index contributed by atoms with van der Waals surface area (Å²) in [5.41, 5.74) is 0. The summed E-state index contributed by atoms with van der Waals surface area (Å²) in [7, 11) is 0. The molecule has 15 heavy (non-hydrogen) atoms. The van der Waals surface area contributed by atoms with Crippen molar-refractivity contribution in [3.8, 4) is 5.75 Å². The van der Waals surface area contributed by atoms with Gasteiger partial charge in [0.15, 0.2) is 0 Å². The summed E-state index contributed by atoms with van der Waals surface area (Å²) < 4.78 is 9.44. The van der Waals surface area contributed by atoms with Gasteiger partial charge in [0.25, 0.3) is 0 Å². The van der Waals surface area contributed by atoms with Crippen LogP contribution in [0.2, 0.25) is 0 Å². The van der Waals surface area contributed by atoms with Crippen molar-refractivity contribution < 1.29 is 9.37 Å². The lowest BCUT2D eigenvalue weighted by molar-refractivity contribution is 0.307. The lowest BCUT2D eigenvalue weighted by Gasteiger charge is -2.01. The zero-order valence-corrected chi connectivity index (χ0v) is 8.67. The van der Waals surface area contributed by atoms with Crippen LogP contribution in [0.1, 0.15) is 13.3 Å². The first-order valence-corrected chi connectivity index (χ1v) is 4.83. The van der Waals surface area contributed by atoms with Crippen LogP contribution in [0.25, 0.3) is 0 Å². The summed E-state index contributed by atoms with van der Waals surface area (Å²) >= 11 is 0. The Labute approximate surface area is 88.8 Å². The molecule has 1 aromatic heterocycles. The fraction of sp³-hybridized carbons (Fsp3) is 0.273. The topological polar surface area (TPSA) is 48.2 Å². The van der Waals surface area contributed by atoms with E-state index in [1.165, 1.54) is 12.4 Å². The van der Waals surface area contributed by atoms with Crippen molar-refractivity contribution in [1.82, 2.24) is 10.3 Å². The number of hydrogen-bond donors (Lipinski definition) is 0. The molecule has 1 aromatic carbocycles. The van der Waals surface area contributed by atoms with E-state index in [0.29, 0.717) is 0 Å². The van der Waals surface area contributed by atoms with Crippen LogP contribution in [-0.2, 0) is 0 Å².